The lowest BCUT2D eigenvalue weighted by Crippen LogP contribution is -2.43. The molecular formula is C13H24N2O5. The van der Waals surface area contributed by atoms with Crippen molar-refractivity contribution in [2.45, 2.75) is 51.5 Å². The summed E-state index contributed by atoms with van der Waals surface area (Å²) in [5, 5.41) is 5.51. The molecule has 2 aliphatic rings. The maximum atomic E-state index is 11.7. The maximum Gasteiger partial charge on any atom is 0.314 e. The number of carbonyl (C=O) groups excluding carboxylic acids is 1. The second-order valence-electron chi connectivity index (χ2n) is 5.99. The van der Waals surface area contributed by atoms with Crippen molar-refractivity contribution in [1.29, 1.82) is 0 Å². The molecule has 0 aromatic carbocycles. The van der Waals surface area contributed by atoms with Gasteiger partial charge in [0, 0.05) is 13.1 Å². The quantitative estimate of drug-likeness (QED) is 0.791. The molecule has 2 saturated heterocycles. The van der Waals surface area contributed by atoms with Gasteiger partial charge in [0.25, 0.3) is 0 Å². The summed E-state index contributed by atoms with van der Waals surface area (Å²) >= 11 is 0. The molecule has 7 heteroatoms. The monoisotopic (exact) mass is 288 g/mol. The van der Waals surface area contributed by atoms with E-state index in [0.29, 0.717) is 26.3 Å². The number of hydrogen-bond donors (Lipinski definition) is 2. The molecule has 0 saturated carbocycles. The Kier molecular flexibility index (Phi) is 4.53. The van der Waals surface area contributed by atoms with Crippen LogP contribution >= 0.6 is 0 Å². The van der Waals surface area contributed by atoms with Gasteiger partial charge in [0.1, 0.15) is 12.2 Å². The predicted octanol–water partition coefficient (Wildman–Crippen LogP) is 0.589. The first-order chi connectivity index (χ1) is 9.26. The SMILES string of the molecule is CC1(C)OC[C@H](CNC(=O)NC[C@H]2COC(C)(C)O2)O1. The van der Waals surface area contributed by atoms with Crippen LogP contribution in [0, 0.1) is 0 Å². The highest BCUT2D eigenvalue weighted by molar-refractivity contribution is 5.73. The summed E-state index contributed by atoms with van der Waals surface area (Å²) in [4.78, 5) is 11.7. The van der Waals surface area contributed by atoms with E-state index in [1.807, 2.05) is 27.7 Å². The molecule has 2 N–H and O–H groups in total. The van der Waals surface area contributed by atoms with Crippen LogP contribution in [-0.4, -0.2) is 56.1 Å². The number of hydrogen-bond acceptors (Lipinski definition) is 5. The molecular weight excluding hydrogens is 264 g/mol. The molecule has 7 nitrogen and oxygen atoms in total. The van der Waals surface area contributed by atoms with E-state index in [1.165, 1.54) is 0 Å². The Bertz CT molecular complexity index is 327. The van der Waals surface area contributed by atoms with Gasteiger partial charge in [0.05, 0.1) is 13.2 Å². The van der Waals surface area contributed by atoms with Crippen LogP contribution in [0.3, 0.4) is 0 Å². The van der Waals surface area contributed by atoms with Crippen LogP contribution < -0.4 is 10.6 Å². The minimum atomic E-state index is -0.566. The van der Waals surface area contributed by atoms with Crippen molar-refractivity contribution in [2.75, 3.05) is 26.3 Å². The fourth-order valence-electron chi connectivity index (χ4n) is 2.20. The van der Waals surface area contributed by atoms with E-state index in [4.69, 9.17) is 18.9 Å². The van der Waals surface area contributed by atoms with E-state index in [-0.39, 0.29) is 18.2 Å². The van der Waals surface area contributed by atoms with Gasteiger partial charge < -0.3 is 29.6 Å². The molecule has 2 rings (SSSR count). The highest BCUT2D eigenvalue weighted by Gasteiger charge is 2.34. The van der Waals surface area contributed by atoms with Gasteiger partial charge in [-0.25, -0.2) is 4.79 Å². The third-order valence-corrected chi connectivity index (χ3v) is 3.12. The summed E-state index contributed by atoms with van der Waals surface area (Å²) in [5.41, 5.74) is 0. The van der Waals surface area contributed by atoms with Crippen molar-refractivity contribution in [1.82, 2.24) is 10.6 Å². The lowest BCUT2D eigenvalue weighted by atomic mass is 10.3. The number of amides is 2. The van der Waals surface area contributed by atoms with Crippen LogP contribution in [0.15, 0.2) is 0 Å². The minimum absolute atomic E-state index is 0.110. The standard InChI is InChI=1S/C13H24N2O5/c1-12(2)17-7-9(19-12)5-14-11(16)15-6-10-8-18-13(3,4)20-10/h9-10H,5-8H2,1-4H3,(H2,14,15,16)/t9-,10-/m0/s1. The number of urea groups is 1. The molecule has 2 aliphatic heterocycles. The molecule has 0 aliphatic carbocycles. The van der Waals surface area contributed by atoms with Gasteiger partial charge in [-0.05, 0) is 27.7 Å². The average Bonchev–Trinajstić information content (AvgIpc) is 2.86. The average molecular weight is 288 g/mol. The molecule has 20 heavy (non-hydrogen) atoms. The molecule has 0 radical (unpaired) electrons. The molecule has 2 heterocycles. The molecule has 0 unspecified atom stereocenters. The Labute approximate surface area is 119 Å². The lowest BCUT2D eigenvalue weighted by molar-refractivity contribution is -0.137. The molecule has 0 spiro atoms. The van der Waals surface area contributed by atoms with Crippen LogP contribution in [0.1, 0.15) is 27.7 Å². The van der Waals surface area contributed by atoms with Crippen molar-refractivity contribution < 1.29 is 23.7 Å². The molecule has 2 fully saturated rings. The van der Waals surface area contributed by atoms with Crippen molar-refractivity contribution in [3.8, 4) is 0 Å². The molecule has 2 atom stereocenters. The molecule has 0 aromatic heterocycles. The van der Waals surface area contributed by atoms with E-state index in [2.05, 4.69) is 10.6 Å². The zero-order chi connectivity index (χ0) is 14.8. The zero-order valence-electron chi connectivity index (χ0n) is 12.5. The Hall–Kier alpha value is -0.890. The summed E-state index contributed by atoms with van der Waals surface area (Å²) in [6.45, 7) is 9.23. The summed E-state index contributed by atoms with van der Waals surface area (Å²) in [7, 11) is 0. The molecule has 116 valence electrons. The van der Waals surface area contributed by atoms with Crippen LogP contribution in [0.5, 0.6) is 0 Å². The topological polar surface area (TPSA) is 78.1 Å². The number of nitrogens with one attached hydrogen (secondary N) is 2. The largest absolute Gasteiger partial charge is 0.348 e. The number of ether oxygens (including phenoxy) is 4. The first kappa shape index (κ1) is 15.5. The van der Waals surface area contributed by atoms with E-state index in [0.717, 1.165) is 0 Å². The highest BCUT2D eigenvalue weighted by atomic mass is 16.7. The highest BCUT2D eigenvalue weighted by Crippen LogP contribution is 2.22. The van der Waals surface area contributed by atoms with E-state index < -0.39 is 11.6 Å². The summed E-state index contributed by atoms with van der Waals surface area (Å²) in [6, 6.07) is -0.244. The first-order valence-electron chi connectivity index (χ1n) is 6.91. The van der Waals surface area contributed by atoms with Gasteiger partial charge in [-0.2, -0.15) is 0 Å². The fraction of sp³-hybridized carbons (Fsp3) is 0.923. The maximum absolute atomic E-state index is 11.7. The van der Waals surface area contributed by atoms with E-state index >= 15 is 0 Å². The normalized spacial score (nSPS) is 31.2. The van der Waals surface area contributed by atoms with Crippen LogP contribution in [0.4, 0.5) is 4.79 Å². The lowest BCUT2D eigenvalue weighted by Gasteiger charge is -2.18. The van der Waals surface area contributed by atoms with E-state index in [1.54, 1.807) is 0 Å². The second kappa shape index (κ2) is 5.85. The summed E-state index contributed by atoms with van der Waals surface area (Å²) in [5.74, 6) is -1.13. The third kappa shape index (κ3) is 4.59. The van der Waals surface area contributed by atoms with Gasteiger partial charge >= 0.3 is 6.03 Å². The van der Waals surface area contributed by atoms with Gasteiger partial charge in [-0.15, -0.1) is 0 Å². The van der Waals surface area contributed by atoms with Crippen molar-refractivity contribution in [2.24, 2.45) is 0 Å². The second-order valence-corrected chi connectivity index (χ2v) is 5.99. The fourth-order valence-corrected chi connectivity index (χ4v) is 2.20. The minimum Gasteiger partial charge on any atom is -0.348 e. The van der Waals surface area contributed by atoms with Gasteiger partial charge in [-0.1, -0.05) is 0 Å². The molecule has 2 amide bonds. The van der Waals surface area contributed by atoms with Crippen molar-refractivity contribution in [3.05, 3.63) is 0 Å². The first-order valence-corrected chi connectivity index (χ1v) is 6.91. The number of rotatable bonds is 4. The number of carbonyl (C=O) groups is 1. The Morgan fingerprint density at radius 1 is 0.950 bits per heavy atom. The van der Waals surface area contributed by atoms with Gasteiger partial charge in [0.15, 0.2) is 11.6 Å². The van der Waals surface area contributed by atoms with Crippen LogP contribution in [-0.2, 0) is 18.9 Å². The Morgan fingerprint density at radius 3 is 1.65 bits per heavy atom. The zero-order valence-corrected chi connectivity index (χ0v) is 12.5. The molecule has 0 bridgehead atoms. The van der Waals surface area contributed by atoms with Crippen LogP contribution in [0.2, 0.25) is 0 Å². The Balaban J connectivity index is 1.59. The predicted molar refractivity (Wildman–Crippen MR) is 71.2 cm³/mol. The van der Waals surface area contributed by atoms with E-state index in [9.17, 15) is 4.79 Å². The third-order valence-electron chi connectivity index (χ3n) is 3.12. The summed E-state index contributed by atoms with van der Waals surface area (Å²) in [6.07, 6.45) is -0.221. The summed E-state index contributed by atoms with van der Waals surface area (Å²) < 4.78 is 22.0. The van der Waals surface area contributed by atoms with Gasteiger partial charge in [0.2, 0.25) is 0 Å². The smallest absolute Gasteiger partial charge is 0.314 e. The van der Waals surface area contributed by atoms with Crippen LogP contribution in [0.25, 0.3) is 0 Å². The van der Waals surface area contributed by atoms with Gasteiger partial charge in [-0.3, -0.25) is 0 Å². The Morgan fingerprint density at radius 2 is 1.35 bits per heavy atom. The van der Waals surface area contributed by atoms with Crippen molar-refractivity contribution >= 4 is 6.03 Å². The van der Waals surface area contributed by atoms with Crippen molar-refractivity contribution in [3.63, 3.8) is 0 Å². The molecule has 0 aromatic rings.